The summed E-state index contributed by atoms with van der Waals surface area (Å²) < 4.78 is 1.84. The van der Waals surface area contributed by atoms with E-state index < -0.39 is 0 Å². The minimum absolute atomic E-state index is 0.0761. The number of halogens is 1. The maximum absolute atomic E-state index is 12.4. The first-order valence-corrected chi connectivity index (χ1v) is 6.51. The summed E-state index contributed by atoms with van der Waals surface area (Å²) in [5.74, 6) is -0.0761. The van der Waals surface area contributed by atoms with Gasteiger partial charge in [0.25, 0.3) is 0 Å². The number of aromatic nitrogens is 2. The fraction of sp³-hybridized carbons (Fsp3) is 0. The van der Waals surface area contributed by atoms with Gasteiger partial charge in [-0.25, -0.2) is 4.98 Å². The quantitative estimate of drug-likeness (QED) is 0.686. The van der Waals surface area contributed by atoms with Gasteiger partial charge in [-0.15, -0.1) is 0 Å². The maximum atomic E-state index is 12.4. The fourth-order valence-corrected chi connectivity index (χ4v) is 2.27. The van der Waals surface area contributed by atoms with Crippen LogP contribution in [0.25, 0.3) is 5.69 Å². The lowest BCUT2D eigenvalue weighted by molar-refractivity contribution is 0.103. The van der Waals surface area contributed by atoms with Gasteiger partial charge in [0.15, 0.2) is 5.78 Å². The Balaban J connectivity index is 1.98. The highest BCUT2D eigenvalue weighted by atomic mass is 35.5. The van der Waals surface area contributed by atoms with Gasteiger partial charge in [-0.05, 0) is 18.2 Å². The Kier molecular flexibility index (Phi) is 3.35. The summed E-state index contributed by atoms with van der Waals surface area (Å²) >= 11 is 6.24. The van der Waals surface area contributed by atoms with Crippen molar-refractivity contribution in [2.24, 2.45) is 0 Å². The van der Waals surface area contributed by atoms with Crippen molar-refractivity contribution in [1.82, 2.24) is 9.55 Å². The molecule has 0 aliphatic rings. The normalized spacial score (nSPS) is 10.4. The SMILES string of the molecule is O=C(c1ccccc1)c1ccc(-n2ccnc2)cc1Cl. The molecule has 0 fully saturated rings. The summed E-state index contributed by atoms with van der Waals surface area (Å²) in [4.78, 5) is 16.3. The maximum Gasteiger partial charge on any atom is 0.194 e. The van der Waals surface area contributed by atoms with Gasteiger partial charge >= 0.3 is 0 Å². The predicted octanol–water partition coefficient (Wildman–Crippen LogP) is 3.76. The Labute approximate surface area is 121 Å². The summed E-state index contributed by atoms with van der Waals surface area (Å²) in [5.41, 5.74) is 2.00. The number of nitrogens with zero attached hydrogens (tertiary/aromatic N) is 2. The smallest absolute Gasteiger partial charge is 0.194 e. The number of hydrogen-bond donors (Lipinski definition) is 0. The first-order chi connectivity index (χ1) is 9.75. The van der Waals surface area contributed by atoms with Gasteiger partial charge < -0.3 is 4.57 Å². The number of hydrogen-bond acceptors (Lipinski definition) is 2. The highest BCUT2D eigenvalue weighted by Gasteiger charge is 2.13. The number of rotatable bonds is 3. The van der Waals surface area contributed by atoms with Crippen LogP contribution in [-0.4, -0.2) is 15.3 Å². The molecular formula is C16H11ClN2O. The third kappa shape index (κ3) is 2.36. The van der Waals surface area contributed by atoms with Crippen molar-refractivity contribution in [3.8, 4) is 5.69 Å². The fourth-order valence-electron chi connectivity index (χ4n) is 2.01. The van der Waals surface area contributed by atoms with E-state index in [9.17, 15) is 4.79 Å². The summed E-state index contributed by atoms with van der Waals surface area (Å²) in [6.45, 7) is 0. The second-order valence-electron chi connectivity index (χ2n) is 4.33. The van der Waals surface area contributed by atoms with E-state index in [0.29, 0.717) is 16.1 Å². The van der Waals surface area contributed by atoms with E-state index >= 15 is 0 Å². The molecule has 0 saturated heterocycles. The van der Waals surface area contributed by atoms with Crippen LogP contribution in [0.15, 0.2) is 67.3 Å². The molecule has 4 heteroatoms. The van der Waals surface area contributed by atoms with E-state index in [4.69, 9.17) is 11.6 Å². The molecule has 0 saturated carbocycles. The molecule has 0 atom stereocenters. The summed E-state index contributed by atoms with van der Waals surface area (Å²) in [5, 5.41) is 0.435. The standard InChI is InChI=1S/C16H11ClN2O/c17-15-10-13(19-9-8-18-11-19)6-7-14(15)16(20)12-4-2-1-3-5-12/h1-11H. The number of carbonyl (C=O) groups excluding carboxylic acids is 1. The Morgan fingerprint density at radius 2 is 1.90 bits per heavy atom. The lowest BCUT2D eigenvalue weighted by Gasteiger charge is -2.07. The highest BCUT2D eigenvalue weighted by molar-refractivity contribution is 6.35. The second-order valence-corrected chi connectivity index (χ2v) is 4.74. The largest absolute Gasteiger partial charge is 0.306 e. The van der Waals surface area contributed by atoms with Gasteiger partial charge in [0.2, 0.25) is 0 Å². The molecule has 98 valence electrons. The van der Waals surface area contributed by atoms with Crippen molar-refractivity contribution in [3.05, 3.63) is 83.4 Å². The zero-order valence-electron chi connectivity index (χ0n) is 10.5. The van der Waals surface area contributed by atoms with Crippen molar-refractivity contribution in [2.75, 3.05) is 0 Å². The average molecular weight is 283 g/mol. The lowest BCUT2D eigenvalue weighted by atomic mass is 10.0. The highest BCUT2D eigenvalue weighted by Crippen LogP contribution is 2.23. The van der Waals surface area contributed by atoms with Gasteiger partial charge in [-0.1, -0.05) is 41.9 Å². The Hall–Kier alpha value is -2.39. The summed E-state index contributed by atoms with van der Waals surface area (Å²) in [6, 6.07) is 14.5. The third-order valence-electron chi connectivity index (χ3n) is 3.04. The number of imidazole rings is 1. The van der Waals surface area contributed by atoms with Crippen molar-refractivity contribution in [3.63, 3.8) is 0 Å². The molecule has 0 aliphatic heterocycles. The molecule has 20 heavy (non-hydrogen) atoms. The first-order valence-electron chi connectivity index (χ1n) is 6.13. The number of carbonyl (C=O) groups is 1. The molecule has 0 amide bonds. The van der Waals surface area contributed by atoms with E-state index in [1.165, 1.54) is 0 Å². The van der Waals surface area contributed by atoms with E-state index in [-0.39, 0.29) is 5.78 Å². The molecule has 0 spiro atoms. The van der Waals surface area contributed by atoms with Gasteiger partial charge in [0.1, 0.15) is 0 Å². The van der Waals surface area contributed by atoms with Gasteiger partial charge in [0, 0.05) is 29.2 Å². The van der Waals surface area contributed by atoms with E-state index in [2.05, 4.69) is 4.98 Å². The zero-order chi connectivity index (χ0) is 13.9. The van der Waals surface area contributed by atoms with Crippen LogP contribution in [0.5, 0.6) is 0 Å². The van der Waals surface area contributed by atoms with E-state index in [1.807, 2.05) is 35.0 Å². The Morgan fingerprint density at radius 1 is 1.10 bits per heavy atom. The molecule has 3 nitrogen and oxygen atoms in total. The lowest BCUT2D eigenvalue weighted by Crippen LogP contribution is -2.02. The average Bonchev–Trinajstić information content (AvgIpc) is 3.01. The molecular weight excluding hydrogens is 272 g/mol. The molecule has 0 bridgehead atoms. The van der Waals surface area contributed by atoms with Crippen LogP contribution < -0.4 is 0 Å². The molecule has 0 radical (unpaired) electrons. The molecule has 2 aromatic carbocycles. The van der Waals surface area contributed by atoms with Crippen molar-refractivity contribution >= 4 is 17.4 Å². The molecule has 0 unspecified atom stereocenters. The topological polar surface area (TPSA) is 34.9 Å². The third-order valence-corrected chi connectivity index (χ3v) is 3.35. The van der Waals surface area contributed by atoms with Crippen LogP contribution in [0, 0.1) is 0 Å². The van der Waals surface area contributed by atoms with Crippen LogP contribution >= 0.6 is 11.6 Å². The van der Waals surface area contributed by atoms with Crippen LogP contribution in [-0.2, 0) is 0 Å². The summed E-state index contributed by atoms with van der Waals surface area (Å²) in [6.07, 6.45) is 5.20. The second kappa shape index (κ2) is 5.31. The molecule has 0 N–H and O–H groups in total. The van der Waals surface area contributed by atoms with Gasteiger partial charge in [0.05, 0.1) is 11.3 Å². The number of ketones is 1. The zero-order valence-corrected chi connectivity index (χ0v) is 11.3. The number of benzene rings is 2. The van der Waals surface area contributed by atoms with Crippen LogP contribution in [0.2, 0.25) is 5.02 Å². The first kappa shape index (κ1) is 12.6. The molecule has 0 aliphatic carbocycles. The van der Waals surface area contributed by atoms with Crippen molar-refractivity contribution in [2.45, 2.75) is 0 Å². The predicted molar refractivity (Wildman–Crippen MR) is 78.4 cm³/mol. The van der Waals surface area contributed by atoms with Crippen LogP contribution in [0.4, 0.5) is 0 Å². The Morgan fingerprint density at radius 3 is 2.55 bits per heavy atom. The van der Waals surface area contributed by atoms with Crippen molar-refractivity contribution < 1.29 is 4.79 Å². The van der Waals surface area contributed by atoms with Gasteiger partial charge in [-0.2, -0.15) is 0 Å². The van der Waals surface area contributed by atoms with Crippen molar-refractivity contribution in [1.29, 1.82) is 0 Å². The van der Waals surface area contributed by atoms with Crippen LogP contribution in [0.3, 0.4) is 0 Å². The van der Waals surface area contributed by atoms with Crippen LogP contribution in [0.1, 0.15) is 15.9 Å². The van der Waals surface area contributed by atoms with E-state index in [1.54, 1.807) is 36.8 Å². The van der Waals surface area contributed by atoms with E-state index in [0.717, 1.165) is 5.69 Å². The monoisotopic (exact) mass is 282 g/mol. The minimum Gasteiger partial charge on any atom is -0.306 e. The molecule has 3 aromatic rings. The van der Waals surface area contributed by atoms with Gasteiger partial charge in [-0.3, -0.25) is 4.79 Å². The molecule has 1 heterocycles. The Bertz CT molecular complexity index is 736. The summed E-state index contributed by atoms with van der Waals surface area (Å²) in [7, 11) is 0. The molecule has 3 rings (SSSR count). The molecule has 1 aromatic heterocycles. The minimum atomic E-state index is -0.0761.